The minimum atomic E-state index is -0.415. The molecule has 1 aliphatic rings. The van der Waals surface area contributed by atoms with Gasteiger partial charge in [0.15, 0.2) is 0 Å². The quantitative estimate of drug-likeness (QED) is 0.469. The molecule has 0 N–H and O–H groups in total. The normalized spacial score (nSPS) is 18.9. The smallest absolute Gasteiger partial charge is 0.377 e. The third-order valence-corrected chi connectivity index (χ3v) is 6.21. The largest absolute Gasteiger partial charge is 0.456 e. The van der Waals surface area contributed by atoms with Gasteiger partial charge in [-0.05, 0) is 63.6 Å². The van der Waals surface area contributed by atoms with Gasteiger partial charge < -0.3 is 9.26 Å². The van der Waals surface area contributed by atoms with Crippen LogP contribution in [-0.2, 0) is 4.74 Å². The third-order valence-electron chi connectivity index (χ3n) is 6.21. The van der Waals surface area contributed by atoms with Gasteiger partial charge in [0.05, 0.1) is 0 Å². The molecule has 2 atom stereocenters. The molecule has 4 nitrogen and oxygen atoms in total. The van der Waals surface area contributed by atoms with Crippen molar-refractivity contribution in [3.05, 3.63) is 76.0 Å². The Hall–Kier alpha value is -2.88. The molecule has 3 aromatic rings. The Morgan fingerprint density at radius 1 is 1.00 bits per heavy atom. The lowest BCUT2D eigenvalue weighted by Gasteiger charge is -2.31. The third kappa shape index (κ3) is 3.91. The van der Waals surface area contributed by atoms with Crippen molar-refractivity contribution in [2.45, 2.75) is 65.4 Å². The minimum absolute atomic E-state index is 0.135. The predicted molar refractivity (Wildman–Crippen MR) is 118 cm³/mol. The summed E-state index contributed by atoms with van der Waals surface area (Å²) in [4.78, 5) is 13.0. The molecule has 0 bridgehead atoms. The molecular formula is C26H29NO3. The molecular weight excluding hydrogens is 374 g/mol. The van der Waals surface area contributed by atoms with Gasteiger partial charge in [0.1, 0.15) is 11.8 Å². The van der Waals surface area contributed by atoms with E-state index in [1.807, 2.05) is 25.1 Å². The molecule has 0 radical (unpaired) electrons. The number of carbonyl (C=O) groups excluding carboxylic acids is 1. The number of rotatable bonds is 4. The zero-order chi connectivity index (χ0) is 21.3. The molecule has 4 heteroatoms. The van der Waals surface area contributed by atoms with E-state index in [4.69, 9.17) is 9.26 Å². The number of aromatic nitrogens is 1. The topological polar surface area (TPSA) is 52.3 Å². The summed E-state index contributed by atoms with van der Waals surface area (Å²) in [5, 5.41) is 4.25. The molecule has 1 aliphatic carbocycles. The fraction of sp³-hybridized carbons (Fsp3) is 0.385. The van der Waals surface area contributed by atoms with Gasteiger partial charge in [-0.3, -0.25) is 0 Å². The fourth-order valence-corrected chi connectivity index (χ4v) is 4.82. The molecule has 30 heavy (non-hydrogen) atoms. The van der Waals surface area contributed by atoms with Gasteiger partial charge in [0, 0.05) is 17.0 Å². The highest BCUT2D eigenvalue weighted by molar-refractivity contribution is 5.90. The number of esters is 1. The summed E-state index contributed by atoms with van der Waals surface area (Å²) in [7, 11) is 0. The summed E-state index contributed by atoms with van der Waals surface area (Å²) in [6, 6.07) is 14.6. The van der Waals surface area contributed by atoms with E-state index in [0.29, 0.717) is 0 Å². The number of carbonyl (C=O) groups is 1. The monoisotopic (exact) mass is 403 g/mol. The molecule has 1 heterocycles. The lowest BCUT2D eigenvalue weighted by atomic mass is 9.81. The Balaban J connectivity index is 1.59. The lowest BCUT2D eigenvalue weighted by Crippen LogP contribution is -2.28. The zero-order valence-corrected chi connectivity index (χ0v) is 18.2. The van der Waals surface area contributed by atoms with Crippen molar-refractivity contribution in [2.24, 2.45) is 0 Å². The molecule has 0 spiro atoms. The fourth-order valence-electron chi connectivity index (χ4n) is 4.82. The number of aryl methyl sites for hydroxylation is 3. The second kappa shape index (κ2) is 8.47. The van der Waals surface area contributed by atoms with Gasteiger partial charge in [0.2, 0.25) is 5.76 Å². The number of nitrogens with zero attached hydrogens (tertiary/aromatic N) is 1. The molecule has 0 unspecified atom stereocenters. The average Bonchev–Trinajstić information content (AvgIpc) is 3.09. The lowest BCUT2D eigenvalue weighted by molar-refractivity contribution is 0.01000. The molecule has 0 amide bonds. The summed E-state index contributed by atoms with van der Waals surface area (Å²) >= 11 is 0. The molecule has 1 saturated carbocycles. The van der Waals surface area contributed by atoms with Crippen LogP contribution in [0.5, 0.6) is 0 Å². The van der Waals surface area contributed by atoms with Gasteiger partial charge in [-0.25, -0.2) is 4.79 Å². The van der Waals surface area contributed by atoms with Crippen LogP contribution in [0, 0.1) is 27.7 Å². The van der Waals surface area contributed by atoms with E-state index in [-0.39, 0.29) is 17.8 Å². The van der Waals surface area contributed by atoms with Gasteiger partial charge >= 0.3 is 5.97 Å². The van der Waals surface area contributed by atoms with Crippen molar-refractivity contribution >= 4 is 5.97 Å². The van der Waals surface area contributed by atoms with Crippen LogP contribution in [0.1, 0.15) is 70.0 Å². The highest BCUT2D eigenvalue weighted by atomic mass is 16.6. The summed E-state index contributed by atoms with van der Waals surface area (Å²) in [5.74, 6) is 0.0245. The van der Waals surface area contributed by atoms with Crippen molar-refractivity contribution in [3.8, 4) is 11.3 Å². The molecule has 156 valence electrons. The zero-order valence-electron chi connectivity index (χ0n) is 18.2. The maximum atomic E-state index is 13.0. The SMILES string of the molecule is Cc1cc(C)c(-c2noc(C(=O)O[C@@H]3CCCC[C@H]3c3ccccc3)c2C)c(C)c1. The molecule has 0 saturated heterocycles. The Morgan fingerprint density at radius 3 is 2.37 bits per heavy atom. The van der Waals surface area contributed by atoms with Crippen molar-refractivity contribution < 1.29 is 14.1 Å². The number of benzene rings is 2. The molecule has 0 aliphatic heterocycles. The van der Waals surface area contributed by atoms with E-state index in [1.54, 1.807) is 0 Å². The standard InChI is InChI=1S/C26H29NO3/c1-16-14-17(2)23(18(3)15-16)24-19(4)25(30-27-24)26(28)29-22-13-9-8-12-21(22)20-10-6-5-7-11-20/h5-7,10-11,14-15,21-22H,8-9,12-13H2,1-4H3/t21-,22+/m0/s1. The average molecular weight is 404 g/mol. The van der Waals surface area contributed by atoms with Crippen LogP contribution in [0.4, 0.5) is 0 Å². The van der Waals surface area contributed by atoms with Crippen molar-refractivity contribution in [2.75, 3.05) is 0 Å². The first-order chi connectivity index (χ1) is 14.5. The van der Waals surface area contributed by atoms with E-state index < -0.39 is 5.97 Å². The van der Waals surface area contributed by atoms with Crippen molar-refractivity contribution in [3.63, 3.8) is 0 Å². The summed E-state index contributed by atoms with van der Waals surface area (Å²) in [5.41, 5.74) is 7.18. The molecule has 2 aromatic carbocycles. The van der Waals surface area contributed by atoms with Crippen LogP contribution in [0.2, 0.25) is 0 Å². The van der Waals surface area contributed by atoms with Crippen molar-refractivity contribution in [1.29, 1.82) is 0 Å². The van der Waals surface area contributed by atoms with E-state index in [0.717, 1.165) is 53.6 Å². The summed E-state index contributed by atoms with van der Waals surface area (Å²) in [6.45, 7) is 8.09. The first-order valence-electron chi connectivity index (χ1n) is 10.8. The predicted octanol–water partition coefficient (Wildman–Crippen LogP) is 6.46. The Kier molecular flexibility index (Phi) is 5.76. The second-order valence-electron chi connectivity index (χ2n) is 8.50. The number of hydrogen-bond donors (Lipinski definition) is 0. The maximum Gasteiger partial charge on any atom is 0.377 e. The molecule has 1 fully saturated rings. The first-order valence-corrected chi connectivity index (χ1v) is 10.8. The van der Waals surface area contributed by atoms with Gasteiger partial charge in [-0.1, -0.05) is 59.6 Å². The first kappa shape index (κ1) is 20.4. The number of hydrogen-bond acceptors (Lipinski definition) is 4. The van der Waals surface area contributed by atoms with Crippen LogP contribution >= 0.6 is 0 Å². The van der Waals surface area contributed by atoms with E-state index in [2.05, 4.69) is 50.2 Å². The minimum Gasteiger partial charge on any atom is -0.456 e. The van der Waals surface area contributed by atoms with Gasteiger partial charge in [-0.2, -0.15) is 0 Å². The van der Waals surface area contributed by atoms with Gasteiger partial charge in [0.25, 0.3) is 0 Å². The van der Waals surface area contributed by atoms with Crippen LogP contribution in [0.25, 0.3) is 11.3 Å². The van der Waals surface area contributed by atoms with Crippen LogP contribution in [0.15, 0.2) is 47.0 Å². The van der Waals surface area contributed by atoms with E-state index >= 15 is 0 Å². The van der Waals surface area contributed by atoms with E-state index in [9.17, 15) is 4.79 Å². The molecule has 1 aromatic heterocycles. The van der Waals surface area contributed by atoms with Crippen LogP contribution < -0.4 is 0 Å². The Bertz CT molecular complexity index is 1030. The maximum absolute atomic E-state index is 13.0. The second-order valence-corrected chi connectivity index (χ2v) is 8.50. The van der Waals surface area contributed by atoms with Crippen LogP contribution in [0.3, 0.4) is 0 Å². The van der Waals surface area contributed by atoms with Gasteiger partial charge in [-0.15, -0.1) is 0 Å². The molecule has 4 rings (SSSR count). The number of ether oxygens (including phenoxy) is 1. The summed E-state index contributed by atoms with van der Waals surface area (Å²) < 4.78 is 11.5. The Morgan fingerprint density at radius 2 is 1.67 bits per heavy atom. The van der Waals surface area contributed by atoms with Crippen LogP contribution in [-0.4, -0.2) is 17.2 Å². The summed E-state index contributed by atoms with van der Waals surface area (Å²) in [6.07, 6.45) is 4.00. The Labute approximate surface area is 178 Å². The van der Waals surface area contributed by atoms with Crippen molar-refractivity contribution in [1.82, 2.24) is 5.16 Å². The highest BCUT2D eigenvalue weighted by Crippen LogP contribution is 2.36. The highest BCUT2D eigenvalue weighted by Gasteiger charge is 2.32. The van der Waals surface area contributed by atoms with E-state index in [1.165, 1.54) is 11.1 Å².